The molecule has 1 amide bonds. The lowest BCUT2D eigenvalue weighted by molar-refractivity contribution is -0.119. The van der Waals surface area contributed by atoms with Gasteiger partial charge in [0.2, 0.25) is 0 Å². The van der Waals surface area contributed by atoms with Gasteiger partial charge in [0.1, 0.15) is 12.0 Å². The van der Waals surface area contributed by atoms with Crippen molar-refractivity contribution in [3.8, 4) is 5.75 Å². The number of rotatable bonds is 7. The van der Waals surface area contributed by atoms with Crippen LogP contribution in [-0.2, 0) is 9.53 Å². The second-order valence-corrected chi connectivity index (χ2v) is 4.77. The Hall–Kier alpha value is -3.29. The molecule has 6 nitrogen and oxygen atoms in total. The fourth-order valence-corrected chi connectivity index (χ4v) is 1.83. The Morgan fingerprint density at radius 2 is 1.68 bits per heavy atom. The topological polar surface area (TPSA) is 81.7 Å². The molecule has 0 unspecified atom stereocenters. The van der Waals surface area contributed by atoms with Crippen molar-refractivity contribution in [3.05, 3.63) is 59.7 Å². The molecule has 2 aromatic rings. The number of hydrogen-bond acceptors (Lipinski definition) is 5. The van der Waals surface area contributed by atoms with E-state index in [1.165, 1.54) is 48.5 Å². The van der Waals surface area contributed by atoms with Crippen molar-refractivity contribution in [1.82, 2.24) is 0 Å². The molecule has 0 saturated carbocycles. The fourth-order valence-electron chi connectivity index (χ4n) is 1.83. The van der Waals surface area contributed by atoms with Crippen molar-refractivity contribution in [2.24, 2.45) is 0 Å². The lowest BCUT2D eigenvalue weighted by Crippen LogP contribution is -2.20. The first-order valence-electron chi connectivity index (χ1n) is 7.05. The van der Waals surface area contributed by atoms with E-state index in [0.29, 0.717) is 17.5 Å². The first kappa shape index (κ1) is 18.1. The molecule has 0 aliphatic carbocycles. The van der Waals surface area contributed by atoms with E-state index >= 15 is 0 Å². The van der Waals surface area contributed by atoms with Gasteiger partial charge in [-0.05, 0) is 36.4 Å². The SMILES string of the molecule is O=Cc1ccc(C(=O)OCC(=O)Nc2ccc(OC(F)F)cc2)cc1. The molecule has 0 spiro atoms. The highest BCUT2D eigenvalue weighted by Gasteiger charge is 2.11. The van der Waals surface area contributed by atoms with Gasteiger partial charge in [-0.1, -0.05) is 12.1 Å². The average Bonchev–Trinajstić information content (AvgIpc) is 2.61. The summed E-state index contributed by atoms with van der Waals surface area (Å²) in [5.41, 5.74) is 0.943. The highest BCUT2D eigenvalue weighted by atomic mass is 19.3. The molecule has 1 N–H and O–H groups in total. The second-order valence-electron chi connectivity index (χ2n) is 4.77. The normalized spacial score (nSPS) is 10.2. The van der Waals surface area contributed by atoms with E-state index in [0.717, 1.165) is 0 Å². The first-order chi connectivity index (χ1) is 12.0. The Kier molecular flexibility index (Phi) is 6.16. The van der Waals surface area contributed by atoms with Gasteiger partial charge >= 0.3 is 12.6 Å². The van der Waals surface area contributed by atoms with Gasteiger partial charge in [-0.3, -0.25) is 9.59 Å². The number of amides is 1. The van der Waals surface area contributed by atoms with Gasteiger partial charge in [0.15, 0.2) is 6.61 Å². The summed E-state index contributed by atoms with van der Waals surface area (Å²) in [5.74, 6) is -1.35. The van der Waals surface area contributed by atoms with Crippen LogP contribution in [0.2, 0.25) is 0 Å². The Bertz CT molecular complexity index is 745. The maximum Gasteiger partial charge on any atom is 0.387 e. The number of anilines is 1. The monoisotopic (exact) mass is 349 g/mol. The lowest BCUT2D eigenvalue weighted by Gasteiger charge is -2.08. The van der Waals surface area contributed by atoms with Gasteiger partial charge in [0.05, 0.1) is 5.56 Å². The van der Waals surface area contributed by atoms with E-state index < -0.39 is 25.1 Å². The van der Waals surface area contributed by atoms with Gasteiger partial charge in [-0.2, -0.15) is 8.78 Å². The Balaban J connectivity index is 1.83. The molecule has 0 saturated heterocycles. The van der Waals surface area contributed by atoms with Gasteiger partial charge in [0, 0.05) is 11.3 Å². The van der Waals surface area contributed by atoms with Crippen LogP contribution in [0.15, 0.2) is 48.5 Å². The summed E-state index contributed by atoms with van der Waals surface area (Å²) in [6, 6.07) is 11.0. The summed E-state index contributed by atoms with van der Waals surface area (Å²) < 4.78 is 33.1. The van der Waals surface area contributed by atoms with Crippen LogP contribution >= 0.6 is 0 Å². The highest BCUT2D eigenvalue weighted by Crippen LogP contribution is 2.17. The summed E-state index contributed by atoms with van der Waals surface area (Å²) in [5, 5.41) is 2.44. The van der Waals surface area contributed by atoms with Gasteiger partial charge in [-0.25, -0.2) is 4.79 Å². The zero-order valence-electron chi connectivity index (χ0n) is 12.8. The summed E-state index contributed by atoms with van der Waals surface area (Å²) in [4.78, 5) is 34.0. The van der Waals surface area contributed by atoms with Crippen LogP contribution in [0.1, 0.15) is 20.7 Å². The van der Waals surface area contributed by atoms with Crippen LogP contribution in [0.4, 0.5) is 14.5 Å². The van der Waals surface area contributed by atoms with E-state index in [4.69, 9.17) is 4.74 Å². The maximum absolute atomic E-state index is 12.0. The molecule has 0 aliphatic rings. The number of carbonyl (C=O) groups is 3. The molecule has 25 heavy (non-hydrogen) atoms. The predicted octanol–water partition coefficient (Wildman–Crippen LogP) is 2.90. The zero-order chi connectivity index (χ0) is 18.2. The Morgan fingerprint density at radius 1 is 1.04 bits per heavy atom. The highest BCUT2D eigenvalue weighted by molar-refractivity contribution is 5.95. The minimum atomic E-state index is -2.93. The van der Waals surface area contributed by atoms with E-state index in [1.54, 1.807) is 0 Å². The number of halogens is 2. The van der Waals surface area contributed by atoms with Crippen LogP contribution in [0, 0.1) is 0 Å². The second kappa shape index (κ2) is 8.53. The fraction of sp³-hybridized carbons (Fsp3) is 0.118. The number of esters is 1. The van der Waals surface area contributed by atoms with Crippen molar-refractivity contribution in [2.75, 3.05) is 11.9 Å². The molecular formula is C17H13F2NO5. The molecule has 8 heteroatoms. The molecule has 0 bridgehead atoms. The summed E-state index contributed by atoms with van der Waals surface area (Å²) in [6.45, 7) is -3.45. The van der Waals surface area contributed by atoms with Crippen molar-refractivity contribution in [1.29, 1.82) is 0 Å². The van der Waals surface area contributed by atoms with E-state index in [-0.39, 0.29) is 11.3 Å². The zero-order valence-corrected chi connectivity index (χ0v) is 12.8. The molecule has 0 aliphatic heterocycles. The molecule has 0 atom stereocenters. The van der Waals surface area contributed by atoms with Crippen molar-refractivity contribution in [2.45, 2.75) is 6.61 Å². The van der Waals surface area contributed by atoms with Crippen LogP contribution in [0.25, 0.3) is 0 Å². The third-order valence-corrected chi connectivity index (χ3v) is 2.98. The van der Waals surface area contributed by atoms with Crippen LogP contribution in [-0.4, -0.2) is 31.4 Å². The molecule has 130 valence electrons. The molecule has 2 rings (SSSR count). The molecule has 0 radical (unpaired) electrons. The molecule has 0 aromatic heterocycles. The minimum absolute atomic E-state index is 0.0433. The van der Waals surface area contributed by atoms with Crippen molar-refractivity contribution in [3.63, 3.8) is 0 Å². The van der Waals surface area contributed by atoms with Gasteiger partial charge < -0.3 is 14.8 Å². The minimum Gasteiger partial charge on any atom is -0.452 e. The quantitative estimate of drug-likeness (QED) is 0.614. The third-order valence-electron chi connectivity index (χ3n) is 2.98. The summed E-state index contributed by atoms with van der Waals surface area (Å²) in [7, 11) is 0. The molecular weight excluding hydrogens is 336 g/mol. The van der Waals surface area contributed by atoms with Gasteiger partial charge in [0.25, 0.3) is 5.91 Å². The number of alkyl halides is 2. The largest absolute Gasteiger partial charge is 0.452 e. The average molecular weight is 349 g/mol. The van der Waals surface area contributed by atoms with Crippen molar-refractivity contribution >= 4 is 23.9 Å². The molecule has 0 fully saturated rings. The number of carbonyl (C=O) groups excluding carboxylic acids is 3. The van der Waals surface area contributed by atoms with Gasteiger partial charge in [-0.15, -0.1) is 0 Å². The van der Waals surface area contributed by atoms with Crippen LogP contribution < -0.4 is 10.1 Å². The predicted molar refractivity (Wildman–Crippen MR) is 83.8 cm³/mol. The van der Waals surface area contributed by atoms with Crippen LogP contribution in [0.3, 0.4) is 0 Å². The lowest BCUT2D eigenvalue weighted by atomic mass is 10.1. The van der Waals surface area contributed by atoms with E-state index in [9.17, 15) is 23.2 Å². The summed E-state index contributed by atoms with van der Waals surface area (Å²) in [6.07, 6.45) is 0.639. The summed E-state index contributed by atoms with van der Waals surface area (Å²) >= 11 is 0. The number of nitrogens with one attached hydrogen (secondary N) is 1. The van der Waals surface area contributed by atoms with Crippen molar-refractivity contribution < 1.29 is 32.6 Å². The van der Waals surface area contributed by atoms with E-state index in [1.807, 2.05) is 0 Å². The number of aldehydes is 1. The Morgan fingerprint density at radius 3 is 2.24 bits per heavy atom. The molecule has 0 heterocycles. The Labute approximate surface area is 141 Å². The smallest absolute Gasteiger partial charge is 0.387 e. The maximum atomic E-state index is 12.0. The first-order valence-corrected chi connectivity index (χ1v) is 7.05. The third kappa shape index (κ3) is 5.69. The van der Waals surface area contributed by atoms with Crippen LogP contribution in [0.5, 0.6) is 5.75 Å². The number of ether oxygens (including phenoxy) is 2. The number of benzene rings is 2. The standard InChI is InChI=1S/C17H13F2NO5/c18-17(19)25-14-7-5-13(6-8-14)20-15(22)10-24-16(23)12-3-1-11(9-21)2-4-12/h1-9,17H,10H2,(H,20,22). The molecule has 2 aromatic carbocycles. The number of hydrogen-bond donors (Lipinski definition) is 1. The van der Waals surface area contributed by atoms with E-state index in [2.05, 4.69) is 10.1 Å².